The fraction of sp³-hybridized carbons (Fsp3) is 0.471. The molecule has 1 amide bonds. The highest BCUT2D eigenvalue weighted by Gasteiger charge is 2.38. The number of benzene rings is 1. The number of hydrogen-bond donors (Lipinski definition) is 1. The predicted octanol–water partition coefficient (Wildman–Crippen LogP) is 2.84. The Hall–Kier alpha value is -1.99. The molecule has 0 unspecified atom stereocenters. The molecule has 24 heavy (non-hydrogen) atoms. The van der Waals surface area contributed by atoms with Gasteiger partial charge in [0.15, 0.2) is 0 Å². The van der Waals surface area contributed by atoms with Gasteiger partial charge in [-0.15, -0.1) is 10.2 Å². The van der Waals surface area contributed by atoms with Crippen molar-refractivity contribution in [1.82, 2.24) is 10.2 Å². The first-order valence-corrected chi connectivity index (χ1v) is 8.81. The number of rotatable bonds is 6. The summed E-state index contributed by atoms with van der Waals surface area (Å²) < 4.78 is 10.7. The molecule has 1 aliphatic rings. The van der Waals surface area contributed by atoms with Crippen molar-refractivity contribution < 1.29 is 14.3 Å². The van der Waals surface area contributed by atoms with Crippen LogP contribution in [0.25, 0.3) is 0 Å². The molecule has 1 aromatic carbocycles. The van der Waals surface area contributed by atoms with Gasteiger partial charge in [0.2, 0.25) is 5.13 Å². The monoisotopic (exact) mass is 347 g/mol. The number of carbonyl (C=O) groups is 1. The fourth-order valence-corrected chi connectivity index (χ4v) is 3.37. The first-order valence-electron chi connectivity index (χ1n) is 8.00. The third-order valence-corrected chi connectivity index (χ3v) is 5.07. The van der Waals surface area contributed by atoms with Crippen molar-refractivity contribution in [3.8, 4) is 5.75 Å². The highest BCUT2D eigenvalue weighted by molar-refractivity contribution is 7.15. The van der Waals surface area contributed by atoms with E-state index in [9.17, 15) is 4.79 Å². The van der Waals surface area contributed by atoms with Gasteiger partial charge in [0.05, 0.1) is 7.11 Å². The number of amides is 1. The average Bonchev–Trinajstić information content (AvgIpc) is 3.23. The van der Waals surface area contributed by atoms with Gasteiger partial charge in [0.25, 0.3) is 5.91 Å². The molecule has 6 nitrogen and oxygen atoms in total. The molecule has 0 bridgehead atoms. The van der Waals surface area contributed by atoms with Gasteiger partial charge in [-0.3, -0.25) is 10.1 Å². The molecular weight excluding hydrogens is 326 g/mol. The van der Waals surface area contributed by atoms with Crippen molar-refractivity contribution in [3.05, 3.63) is 34.8 Å². The molecular formula is C17H21N3O3S. The van der Waals surface area contributed by atoms with E-state index in [1.54, 1.807) is 7.11 Å². The molecule has 1 atom stereocenters. The molecule has 1 saturated heterocycles. The van der Waals surface area contributed by atoms with Crippen molar-refractivity contribution in [1.29, 1.82) is 0 Å². The maximum Gasteiger partial charge on any atom is 0.258 e. The van der Waals surface area contributed by atoms with Crippen molar-refractivity contribution in [2.75, 3.05) is 19.0 Å². The number of hydrogen-bond acceptors (Lipinski definition) is 6. The highest BCUT2D eigenvalue weighted by atomic mass is 32.1. The minimum absolute atomic E-state index is 0.141. The van der Waals surface area contributed by atoms with Crippen LogP contribution in [-0.2, 0) is 22.4 Å². The average molecular weight is 347 g/mol. The van der Waals surface area contributed by atoms with Crippen LogP contribution in [0.3, 0.4) is 0 Å². The van der Waals surface area contributed by atoms with Crippen LogP contribution >= 0.6 is 11.3 Å². The Labute approximate surface area is 145 Å². The molecule has 2 heterocycles. The summed E-state index contributed by atoms with van der Waals surface area (Å²) in [5.41, 5.74) is 0.470. The normalized spacial score (nSPS) is 20.1. The van der Waals surface area contributed by atoms with Gasteiger partial charge in [-0.1, -0.05) is 23.5 Å². The van der Waals surface area contributed by atoms with Crippen LogP contribution in [0.15, 0.2) is 24.3 Å². The second-order valence-electron chi connectivity index (χ2n) is 5.99. The molecule has 1 N–H and O–H groups in total. The summed E-state index contributed by atoms with van der Waals surface area (Å²) >= 11 is 1.41. The Kier molecular flexibility index (Phi) is 5.11. The summed E-state index contributed by atoms with van der Waals surface area (Å²) in [7, 11) is 1.66. The Bertz CT molecular complexity index is 693. The maximum atomic E-state index is 12.3. The predicted molar refractivity (Wildman–Crippen MR) is 92.5 cm³/mol. The van der Waals surface area contributed by atoms with Crippen molar-refractivity contribution in [3.63, 3.8) is 0 Å². The van der Waals surface area contributed by atoms with E-state index in [0.717, 1.165) is 36.4 Å². The Morgan fingerprint density at radius 1 is 1.33 bits per heavy atom. The van der Waals surface area contributed by atoms with E-state index in [2.05, 4.69) is 15.5 Å². The van der Waals surface area contributed by atoms with Crippen LogP contribution in [0, 0.1) is 0 Å². The van der Waals surface area contributed by atoms with Crippen LogP contribution in [-0.4, -0.2) is 35.4 Å². The molecule has 3 rings (SSSR count). The number of carbonyl (C=O) groups excluding carboxylic acids is 1. The Morgan fingerprint density at radius 3 is 2.79 bits per heavy atom. The molecule has 7 heteroatoms. The van der Waals surface area contributed by atoms with E-state index in [1.165, 1.54) is 16.9 Å². The zero-order valence-corrected chi connectivity index (χ0v) is 14.7. The van der Waals surface area contributed by atoms with E-state index in [-0.39, 0.29) is 5.91 Å². The van der Waals surface area contributed by atoms with Gasteiger partial charge in [-0.2, -0.15) is 0 Å². The summed E-state index contributed by atoms with van der Waals surface area (Å²) in [5, 5.41) is 12.5. The van der Waals surface area contributed by atoms with E-state index in [4.69, 9.17) is 9.47 Å². The standard InChI is InChI=1S/C17H21N3O3S/c1-17(10-3-11-23-17)15(21)18-16-20-19-14(24-16)9-6-12-4-7-13(22-2)8-5-12/h4-5,7-8H,3,6,9-11H2,1-2H3,(H,18,20,21)/t17-/m0/s1. The number of anilines is 1. The second kappa shape index (κ2) is 7.27. The zero-order valence-electron chi connectivity index (χ0n) is 13.9. The minimum atomic E-state index is -0.741. The highest BCUT2D eigenvalue weighted by Crippen LogP contribution is 2.27. The van der Waals surface area contributed by atoms with Crippen molar-refractivity contribution in [2.45, 2.75) is 38.2 Å². The molecule has 1 aromatic heterocycles. The van der Waals surface area contributed by atoms with E-state index in [1.807, 2.05) is 31.2 Å². The number of aryl methyl sites for hydroxylation is 2. The zero-order chi connectivity index (χ0) is 17.0. The van der Waals surface area contributed by atoms with Crippen LogP contribution in [0.2, 0.25) is 0 Å². The van der Waals surface area contributed by atoms with E-state index >= 15 is 0 Å². The van der Waals surface area contributed by atoms with E-state index in [0.29, 0.717) is 11.7 Å². The maximum absolute atomic E-state index is 12.3. The molecule has 2 aromatic rings. The third kappa shape index (κ3) is 3.91. The van der Waals surface area contributed by atoms with Crippen molar-refractivity contribution >= 4 is 22.4 Å². The lowest BCUT2D eigenvalue weighted by molar-refractivity contribution is -0.133. The number of methoxy groups -OCH3 is 1. The molecule has 1 fully saturated rings. The van der Waals surface area contributed by atoms with Gasteiger partial charge in [0, 0.05) is 13.0 Å². The quantitative estimate of drug-likeness (QED) is 0.870. The van der Waals surface area contributed by atoms with Gasteiger partial charge in [-0.25, -0.2) is 0 Å². The molecule has 1 aliphatic heterocycles. The molecule has 0 spiro atoms. The number of aromatic nitrogens is 2. The molecule has 0 aliphatic carbocycles. The fourth-order valence-electron chi connectivity index (χ4n) is 2.64. The molecule has 128 valence electrons. The minimum Gasteiger partial charge on any atom is -0.497 e. The lowest BCUT2D eigenvalue weighted by Gasteiger charge is -2.20. The number of nitrogens with one attached hydrogen (secondary N) is 1. The number of nitrogens with zero attached hydrogens (tertiary/aromatic N) is 2. The Balaban J connectivity index is 1.54. The summed E-state index contributed by atoms with van der Waals surface area (Å²) in [4.78, 5) is 12.3. The largest absolute Gasteiger partial charge is 0.497 e. The van der Waals surface area contributed by atoms with Gasteiger partial charge in [-0.05, 0) is 43.9 Å². The summed E-state index contributed by atoms with van der Waals surface area (Å²) in [6.45, 7) is 2.45. The Morgan fingerprint density at radius 2 is 2.12 bits per heavy atom. The van der Waals surface area contributed by atoms with Gasteiger partial charge in [0.1, 0.15) is 16.4 Å². The summed E-state index contributed by atoms with van der Waals surface area (Å²) in [6, 6.07) is 7.98. The van der Waals surface area contributed by atoms with Gasteiger partial charge >= 0.3 is 0 Å². The van der Waals surface area contributed by atoms with Crippen LogP contribution in [0.1, 0.15) is 30.3 Å². The SMILES string of the molecule is COc1ccc(CCc2nnc(NC(=O)[C@]3(C)CCCO3)s2)cc1. The topological polar surface area (TPSA) is 73.3 Å². The van der Waals surface area contributed by atoms with Crippen LogP contribution in [0.5, 0.6) is 5.75 Å². The smallest absolute Gasteiger partial charge is 0.258 e. The first-order chi connectivity index (χ1) is 11.6. The first kappa shape index (κ1) is 16.9. The van der Waals surface area contributed by atoms with Crippen molar-refractivity contribution in [2.24, 2.45) is 0 Å². The third-order valence-electron chi connectivity index (χ3n) is 4.17. The molecule has 0 saturated carbocycles. The van der Waals surface area contributed by atoms with Gasteiger partial charge < -0.3 is 9.47 Å². The lowest BCUT2D eigenvalue weighted by atomic mass is 10.0. The van der Waals surface area contributed by atoms with E-state index < -0.39 is 5.60 Å². The lowest BCUT2D eigenvalue weighted by Crippen LogP contribution is -2.39. The summed E-state index contributed by atoms with van der Waals surface area (Å²) in [5.74, 6) is 0.708. The second-order valence-corrected chi connectivity index (χ2v) is 7.05. The summed E-state index contributed by atoms with van der Waals surface area (Å²) in [6.07, 6.45) is 3.30. The van der Waals surface area contributed by atoms with Crippen LogP contribution in [0.4, 0.5) is 5.13 Å². The number of ether oxygens (including phenoxy) is 2. The van der Waals surface area contributed by atoms with Crippen LogP contribution < -0.4 is 10.1 Å². The molecule has 0 radical (unpaired) electrons.